The molecule has 0 spiro atoms. The second-order valence-electron chi connectivity index (χ2n) is 9.15. The topological polar surface area (TPSA) is 75.7 Å². The molecule has 0 radical (unpaired) electrons. The van der Waals surface area contributed by atoms with Crippen LogP contribution in [0, 0.1) is 0 Å². The molecule has 3 heterocycles. The van der Waals surface area contributed by atoms with Gasteiger partial charge >= 0.3 is 5.97 Å². The predicted octanol–water partition coefficient (Wildman–Crippen LogP) is 3.92. The summed E-state index contributed by atoms with van der Waals surface area (Å²) in [5, 5.41) is 4.49. The van der Waals surface area contributed by atoms with Crippen molar-refractivity contribution in [1.82, 2.24) is 10.2 Å². The zero-order valence-corrected chi connectivity index (χ0v) is 20.6. The van der Waals surface area contributed by atoms with Crippen molar-refractivity contribution in [1.29, 1.82) is 0 Å². The zero-order valence-electron chi connectivity index (χ0n) is 19.0. The largest absolute Gasteiger partial charge is 0.455 e. The van der Waals surface area contributed by atoms with Crippen LogP contribution in [0.25, 0.3) is 0 Å². The van der Waals surface area contributed by atoms with E-state index < -0.39 is 17.6 Å². The van der Waals surface area contributed by atoms with Crippen LogP contribution in [0.15, 0.2) is 59.1 Å². The Balaban J connectivity index is 1.51. The van der Waals surface area contributed by atoms with Crippen LogP contribution in [0.2, 0.25) is 0 Å². The molecule has 174 valence electrons. The lowest BCUT2D eigenvalue weighted by Crippen LogP contribution is -2.70. The number of esters is 1. The number of nitrogens with zero attached hydrogens (tertiary/aromatic N) is 1. The lowest BCUT2D eigenvalue weighted by molar-refractivity contribution is -0.159. The van der Waals surface area contributed by atoms with Crippen molar-refractivity contribution < 1.29 is 19.1 Å². The molecule has 1 aromatic heterocycles. The molecule has 1 fully saturated rings. The van der Waals surface area contributed by atoms with Gasteiger partial charge in [-0.15, -0.1) is 23.1 Å². The molecule has 0 saturated carbocycles. The molecular formula is C25H28N2O4S2. The van der Waals surface area contributed by atoms with Gasteiger partial charge in [0.2, 0.25) is 5.91 Å². The van der Waals surface area contributed by atoms with Gasteiger partial charge in [-0.3, -0.25) is 14.5 Å². The van der Waals surface area contributed by atoms with Crippen LogP contribution in [0.4, 0.5) is 0 Å². The number of thiophene rings is 1. The summed E-state index contributed by atoms with van der Waals surface area (Å²) in [6.45, 7) is 5.45. The first-order valence-corrected chi connectivity index (χ1v) is 12.9. The van der Waals surface area contributed by atoms with Crippen LogP contribution in [-0.2, 0) is 32.0 Å². The van der Waals surface area contributed by atoms with E-state index in [9.17, 15) is 14.4 Å². The molecule has 2 amide bonds. The maximum atomic E-state index is 13.1. The Hall–Kier alpha value is -2.58. The number of nitrogens with one attached hydrogen (secondary N) is 1. The normalized spacial score (nSPS) is 20.2. The van der Waals surface area contributed by atoms with Crippen molar-refractivity contribution in [2.24, 2.45) is 0 Å². The fraction of sp³-hybridized carbons (Fsp3) is 0.400. The second kappa shape index (κ2) is 9.73. The van der Waals surface area contributed by atoms with E-state index in [0.717, 1.165) is 16.9 Å². The van der Waals surface area contributed by atoms with Gasteiger partial charge < -0.3 is 10.1 Å². The van der Waals surface area contributed by atoms with Crippen LogP contribution in [0.5, 0.6) is 0 Å². The molecular weight excluding hydrogens is 456 g/mol. The van der Waals surface area contributed by atoms with E-state index in [1.807, 2.05) is 56.5 Å². The molecule has 4 rings (SSSR count). The molecule has 1 unspecified atom stereocenters. The fourth-order valence-corrected chi connectivity index (χ4v) is 6.02. The number of fused-ring (bicyclic) bond motifs is 1. The Bertz CT molecular complexity index is 1060. The van der Waals surface area contributed by atoms with Crippen molar-refractivity contribution in [3.63, 3.8) is 0 Å². The van der Waals surface area contributed by atoms with Gasteiger partial charge in [0.05, 0.1) is 6.42 Å². The van der Waals surface area contributed by atoms with E-state index in [4.69, 9.17) is 4.74 Å². The number of hydrogen-bond donors (Lipinski definition) is 1. The van der Waals surface area contributed by atoms with Crippen molar-refractivity contribution in [3.05, 3.63) is 69.6 Å². The number of hydrogen-bond acceptors (Lipinski definition) is 6. The molecule has 1 N–H and O–H groups in total. The van der Waals surface area contributed by atoms with Crippen molar-refractivity contribution >= 4 is 40.9 Å². The Morgan fingerprint density at radius 1 is 1.12 bits per heavy atom. The summed E-state index contributed by atoms with van der Waals surface area (Å²) in [4.78, 5) is 41.2. The van der Waals surface area contributed by atoms with Gasteiger partial charge in [0.25, 0.3) is 5.91 Å². The predicted molar refractivity (Wildman–Crippen MR) is 131 cm³/mol. The van der Waals surface area contributed by atoms with Crippen LogP contribution in [0.3, 0.4) is 0 Å². The maximum Gasteiger partial charge on any atom is 0.355 e. The van der Waals surface area contributed by atoms with Crippen molar-refractivity contribution in [2.45, 2.75) is 57.1 Å². The van der Waals surface area contributed by atoms with Crippen LogP contribution in [-0.4, -0.2) is 45.5 Å². The maximum absolute atomic E-state index is 13.1. The number of amides is 2. The van der Waals surface area contributed by atoms with Gasteiger partial charge in [-0.05, 0) is 56.2 Å². The molecule has 1 saturated heterocycles. The SMILES string of the molecule is CC(C)(C)OC(=O)C1=C(CCc2ccccc2)CS[C@@H]2C(NC(=O)Cc3cccs3)C(=O)N12. The van der Waals surface area contributed by atoms with Gasteiger partial charge in [0.1, 0.15) is 22.7 Å². The average molecular weight is 485 g/mol. The number of β-lactam (4-membered cyclic amide) rings is 1. The number of rotatable bonds is 7. The Morgan fingerprint density at radius 3 is 2.55 bits per heavy atom. The molecule has 0 aliphatic carbocycles. The molecule has 2 aliphatic heterocycles. The fourth-order valence-electron chi connectivity index (χ4n) is 3.93. The molecule has 2 atom stereocenters. The minimum atomic E-state index is -0.670. The van der Waals surface area contributed by atoms with Gasteiger partial charge in [-0.2, -0.15) is 0 Å². The summed E-state index contributed by atoms with van der Waals surface area (Å²) < 4.78 is 5.66. The number of carbonyl (C=O) groups excluding carboxylic acids is 3. The smallest absolute Gasteiger partial charge is 0.355 e. The Labute approximate surface area is 202 Å². The highest BCUT2D eigenvalue weighted by molar-refractivity contribution is 8.00. The first-order valence-electron chi connectivity index (χ1n) is 11.0. The average Bonchev–Trinajstić information content (AvgIpc) is 3.27. The monoisotopic (exact) mass is 484 g/mol. The van der Waals surface area contributed by atoms with Gasteiger partial charge in [0, 0.05) is 10.6 Å². The molecule has 33 heavy (non-hydrogen) atoms. The highest BCUT2D eigenvalue weighted by atomic mass is 32.2. The van der Waals surface area contributed by atoms with E-state index in [2.05, 4.69) is 17.4 Å². The zero-order chi connectivity index (χ0) is 23.6. The summed E-state index contributed by atoms with van der Waals surface area (Å²) in [5.74, 6) is -0.307. The molecule has 2 aromatic rings. The molecule has 8 heteroatoms. The van der Waals surface area contributed by atoms with E-state index in [1.165, 1.54) is 21.8 Å². The van der Waals surface area contributed by atoms with Crippen molar-refractivity contribution in [2.75, 3.05) is 5.75 Å². The quantitative estimate of drug-likeness (QED) is 0.476. The highest BCUT2D eigenvalue weighted by Crippen LogP contribution is 2.42. The molecule has 1 aromatic carbocycles. The van der Waals surface area contributed by atoms with Crippen molar-refractivity contribution in [3.8, 4) is 0 Å². The molecule has 0 bridgehead atoms. The minimum Gasteiger partial charge on any atom is -0.455 e. The summed E-state index contributed by atoms with van der Waals surface area (Å²) in [5.41, 5.74) is 1.76. The number of aryl methyl sites for hydroxylation is 1. The number of thioether (sulfide) groups is 1. The van der Waals surface area contributed by atoms with E-state index >= 15 is 0 Å². The molecule has 6 nitrogen and oxygen atoms in total. The standard InChI is InChI=1S/C25H28N2O4S2/c1-25(2,3)31-24(30)21-17(12-11-16-8-5-4-6-9-16)15-33-23-20(22(29)27(21)23)26-19(28)14-18-10-7-13-32-18/h4-10,13,20,23H,11-12,14-15H2,1-3H3,(H,26,28)/t20?,23-/m1/s1. The van der Waals surface area contributed by atoms with Crippen LogP contribution >= 0.6 is 23.1 Å². The van der Waals surface area contributed by atoms with Gasteiger partial charge in [-0.1, -0.05) is 36.4 Å². The van der Waals surface area contributed by atoms with E-state index in [-0.39, 0.29) is 23.6 Å². The Kier molecular flexibility index (Phi) is 6.95. The Morgan fingerprint density at radius 2 is 1.88 bits per heavy atom. The first-order chi connectivity index (χ1) is 15.7. The third-order valence-corrected chi connectivity index (χ3v) is 7.65. The van der Waals surface area contributed by atoms with E-state index in [1.54, 1.807) is 11.8 Å². The number of benzene rings is 1. The number of ether oxygens (including phenoxy) is 1. The lowest BCUT2D eigenvalue weighted by atomic mass is 9.98. The second-order valence-corrected chi connectivity index (χ2v) is 11.3. The lowest BCUT2D eigenvalue weighted by Gasteiger charge is -2.50. The summed E-state index contributed by atoms with van der Waals surface area (Å²) in [6, 6.07) is 13.2. The van der Waals surface area contributed by atoms with Gasteiger partial charge in [-0.25, -0.2) is 4.79 Å². The summed E-state index contributed by atoms with van der Waals surface area (Å²) in [7, 11) is 0. The van der Waals surface area contributed by atoms with E-state index in [0.29, 0.717) is 17.9 Å². The third-order valence-electron chi connectivity index (χ3n) is 5.43. The highest BCUT2D eigenvalue weighted by Gasteiger charge is 2.54. The number of carbonyl (C=O) groups is 3. The summed E-state index contributed by atoms with van der Waals surface area (Å²) >= 11 is 3.10. The van der Waals surface area contributed by atoms with Gasteiger partial charge in [0.15, 0.2) is 0 Å². The minimum absolute atomic E-state index is 0.186. The molecule has 2 aliphatic rings. The van der Waals surface area contributed by atoms with Crippen LogP contribution < -0.4 is 5.32 Å². The first kappa shape index (κ1) is 23.6. The summed E-state index contributed by atoms with van der Waals surface area (Å²) in [6.07, 6.45) is 1.68. The van der Waals surface area contributed by atoms with Crippen LogP contribution in [0.1, 0.15) is 37.6 Å². The third kappa shape index (κ3) is 5.50.